The molecular formula is C19H28N2O2. The average Bonchev–Trinajstić information content (AvgIpc) is 2.60. The summed E-state index contributed by atoms with van der Waals surface area (Å²) in [4.78, 5) is 16.7. The van der Waals surface area contributed by atoms with Crippen molar-refractivity contribution in [3.63, 3.8) is 0 Å². The Balaban J connectivity index is 1.96. The first kappa shape index (κ1) is 17.5. The number of benzene rings is 1. The molecule has 4 heteroatoms. The number of hydrogen-bond acceptors (Lipinski definition) is 3. The highest BCUT2D eigenvalue weighted by atomic mass is 16.5. The van der Waals surface area contributed by atoms with Crippen molar-refractivity contribution in [3.8, 4) is 5.75 Å². The summed E-state index contributed by atoms with van der Waals surface area (Å²) < 4.78 is 5.59. The molecule has 0 aromatic heterocycles. The molecule has 1 amide bonds. The molecule has 0 unspecified atom stereocenters. The van der Waals surface area contributed by atoms with Gasteiger partial charge in [0, 0.05) is 37.8 Å². The van der Waals surface area contributed by atoms with Gasteiger partial charge in [-0.05, 0) is 38.5 Å². The van der Waals surface area contributed by atoms with Crippen molar-refractivity contribution in [2.45, 2.75) is 32.7 Å². The molecule has 0 bridgehead atoms. The van der Waals surface area contributed by atoms with Gasteiger partial charge in [0.1, 0.15) is 5.75 Å². The zero-order valence-corrected chi connectivity index (χ0v) is 14.5. The minimum atomic E-state index is 0.0613. The van der Waals surface area contributed by atoms with Crippen molar-refractivity contribution in [1.82, 2.24) is 9.80 Å². The molecule has 1 aliphatic heterocycles. The topological polar surface area (TPSA) is 32.8 Å². The third-order valence-electron chi connectivity index (χ3n) is 4.52. The van der Waals surface area contributed by atoms with Gasteiger partial charge in [-0.3, -0.25) is 4.79 Å². The minimum Gasteiger partial charge on any atom is -0.493 e. The first-order valence-electron chi connectivity index (χ1n) is 8.54. The number of likely N-dealkylation sites (tertiary alicyclic amines) is 1. The van der Waals surface area contributed by atoms with Gasteiger partial charge >= 0.3 is 0 Å². The Bertz CT molecular complexity index is 534. The van der Waals surface area contributed by atoms with Crippen LogP contribution >= 0.6 is 0 Å². The van der Waals surface area contributed by atoms with E-state index in [0.717, 1.165) is 43.8 Å². The zero-order valence-electron chi connectivity index (χ0n) is 14.5. The lowest BCUT2D eigenvalue weighted by atomic mass is 10.0. The Morgan fingerprint density at radius 3 is 2.65 bits per heavy atom. The Morgan fingerprint density at radius 2 is 2.00 bits per heavy atom. The van der Waals surface area contributed by atoms with Gasteiger partial charge in [-0.2, -0.15) is 0 Å². The van der Waals surface area contributed by atoms with Crippen molar-refractivity contribution in [2.75, 3.05) is 33.3 Å². The number of hydrogen-bond donors (Lipinski definition) is 0. The summed E-state index contributed by atoms with van der Waals surface area (Å²) in [5.41, 5.74) is 0.942. The van der Waals surface area contributed by atoms with Crippen LogP contribution in [0.2, 0.25) is 0 Å². The molecule has 0 aliphatic carbocycles. The SMILES string of the molecule is CCOc1ccccc1/C=C/C(=O)N(C)C1CCN(CC)CC1. The lowest BCUT2D eigenvalue weighted by molar-refractivity contribution is -0.127. The lowest BCUT2D eigenvalue weighted by Crippen LogP contribution is -2.45. The molecule has 1 aromatic rings. The number of rotatable bonds is 6. The molecule has 1 saturated heterocycles. The van der Waals surface area contributed by atoms with E-state index in [2.05, 4.69) is 11.8 Å². The minimum absolute atomic E-state index is 0.0613. The van der Waals surface area contributed by atoms with Crippen molar-refractivity contribution < 1.29 is 9.53 Å². The molecule has 1 heterocycles. The second-order valence-corrected chi connectivity index (χ2v) is 5.92. The van der Waals surface area contributed by atoms with E-state index in [1.165, 1.54) is 0 Å². The summed E-state index contributed by atoms with van der Waals surface area (Å²) in [5, 5.41) is 0. The molecule has 0 spiro atoms. The molecule has 2 rings (SSSR count). The predicted octanol–water partition coefficient (Wildman–Crippen LogP) is 3.04. The maximum absolute atomic E-state index is 12.4. The number of nitrogens with zero attached hydrogens (tertiary/aromatic N) is 2. The lowest BCUT2D eigenvalue weighted by Gasteiger charge is -2.35. The standard InChI is InChI=1S/C19H28N2O2/c1-4-21-14-12-17(13-15-21)20(3)19(22)11-10-16-8-6-7-9-18(16)23-5-2/h6-11,17H,4-5,12-15H2,1-3H3/b11-10+. The third-order valence-corrected chi connectivity index (χ3v) is 4.52. The number of piperidine rings is 1. The zero-order chi connectivity index (χ0) is 16.7. The van der Waals surface area contributed by atoms with Crippen LogP contribution in [-0.4, -0.2) is 55.0 Å². The molecule has 0 radical (unpaired) electrons. The van der Waals surface area contributed by atoms with Gasteiger partial charge in [-0.1, -0.05) is 25.1 Å². The first-order valence-corrected chi connectivity index (χ1v) is 8.54. The molecule has 1 aliphatic rings. The Hall–Kier alpha value is -1.81. The summed E-state index contributed by atoms with van der Waals surface area (Å²) in [5.74, 6) is 0.879. The molecule has 4 nitrogen and oxygen atoms in total. The number of ether oxygens (including phenoxy) is 1. The first-order chi connectivity index (χ1) is 11.2. The van der Waals surface area contributed by atoms with Crippen LogP contribution in [0, 0.1) is 0 Å². The van der Waals surface area contributed by atoms with Crippen LogP contribution in [0.3, 0.4) is 0 Å². The smallest absolute Gasteiger partial charge is 0.246 e. The normalized spacial score (nSPS) is 16.7. The molecule has 0 saturated carbocycles. The van der Waals surface area contributed by atoms with Crippen molar-refractivity contribution in [3.05, 3.63) is 35.9 Å². The second-order valence-electron chi connectivity index (χ2n) is 5.92. The maximum Gasteiger partial charge on any atom is 0.246 e. The van der Waals surface area contributed by atoms with Gasteiger partial charge in [-0.25, -0.2) is 0 Å². The summed E-state index contributed by atoms with van der Waals surface area (Å²) in [6.07, 6.45) is 5.62. The number of carbonyl (C=O) groups is 1. The number of carbonyl (C=O) groups excluding carboxylic acids is 1. The molecule has 1 fully saturated rings. The summed E-state index contributed by atoms with van der Waals surface area (Å²) in [7, 11) is 1.91. The van der Waals surface area contributed by atoms with Gasteiger partial charge in [0.15, 0.2) is 0 Å². The van der Waals surface area contributed by atoms with Crippen LogP contribution < -0.4 is 4.74 Å². The fraction of sp³-hybridized carbons (Fsp3) is 0.526. The predicted molar refractivity (Wildman–Crippen MR) is 94.6 cm³/mol. The Kier molecular flexibility index (Phi) is 6.66. The highest BCUT2D eigenvalue weighted by Gasteiger charge is 2.23. The fourth-order valence-corrected chi connectivity index (χ4v) is 2.99. The van der Waals surface area contributed by atoms with E-state index in [1.807, 2.05) is 49.2 Å². The molecular weight excluding hydrogens is 288 g/mol. The van der Waals surface area contributed by atoms with E-state index in [4.69, 9.17) is 4.74 Å². The quantitative estimate of drug-likeness (QED) is 0.756. The molecule has 23 heavy (non-hydrogen) atoms. The van der Waals surface area contributed by atoms with Gasteiger partial charge < -0.3 is 14.5 Å². The molecule has 0 N–H and O–H groups in total. The van der Waals surface area contributed by atoms with Crippen LogP contribution in [0.25, 0.3) is 6.08 Å². The van der Waals surface area contributed by atoms with Crippen LogP contribution in [0.15, 0.2) is 30.3 Å². The highest BCUT2D eigenvalue weighted by molar-refractivity contribution is 5.92. The molecule has 126 valence electrons. The summed E-state index contributed by atoms with van der Waals surface area (Å²) >= 11 is 0. The van der Waals surface area contributed by atoms with E-state index in [1.54, 1.807) is 6.08 Å². The van der Waals surface area contributed by atoms with E-state index in [0.29, 0.717) is 12.6 Å². The van der Waals surface area contributed by atoms with E-state index >= 15 is 0 Å². The van der Waals surface area contributed by atoms with Gasteiger partial charge in [0.25, 0.3) is 0 Å². The van der Waals surface area contributed by atoms with E-state index < -0.39 is 0 Å². The van der Waals surface area contributed by atoms with E-state index in [9.17, 15) is 4.79 Å². The maximum atomic E-state index is 12.4. The fourth-order valence-electron chi connectivity index (χ4n) is 2.99. The van der Waals surface area contributed by atoms with Crippen LogP contribution in [-0.2, 0) is 4.79 Å². The van der Waals surface area contributed by atoms with Crippen LogP contribution in [0.4, 0.5) is 0 Å². The number of likely N-dealkylation sites (N-methyl/N-ethyl adjacent to an activating group) is 1. The van der Waals surface area contributed by atoms with Gasteiger partial charge in [-0.15, -0.1) is 0 Å². The second kappa shape index (κ2) is 8.73. The Labute approximate surface area is 139 Å². The number of para-hydroxylation sites is 1. The van der Waals surface area contributed by atoms with Crippen LogP contribution in [0.1, 0.15) is 32.3 Å². The average molecular weight is 316 g/mol. The van der Waals surface area contributed by atoms with Crippen molar-refractivity contribution >= 4 is 12.0 Å². The van der Waals surface area contributed by atoms with Gasteiger partial charge in [0.2, 0.25) is 5.91 Å². The Morgan fingerprint density at radius 1 is 1.30 bits per heavy atom. The highest BCUT2D eigenvalue weighted by Crippen LogP contribution is 2.20. The molecule has 1 aromatic carbocycles. The largest absolute Gasteiger partial charge is 0.493 e. The van der Waals surface area contributed by atoms with Gasteiger partial charge in [0.05, 0.1) is 6.61 Å². The third kappa shape index (κ3) is 4.83. The summed E-state index contributed by atoms with van der Waals surface area (Å²) in [6, 6.07) is 8.14. The summed E-state index contributed by atoms with van der Waals surface area (Å²) in [6.45, 7) is 8.02. The van der Waals surface area contributed by atoms with E-state index in [-0.39, 0.29) is 5.91 Å². The van der Waals surface area contributed by atoms with Crippen molar-refractivity contribution in [1.29, 1.82) is 0 Å². The van der Waals surface area contributed by atoms with Crippen LogP contribution in [0.5, 0.6) is 5.75 Å². The van der Waals surface area contributed by atoms with Crippen molar-refractivity contribution in [2.24, 2.45) is 0 Å². The monoisotopic (exact) mass is 316 g/mol. The number of amides is 1. The molecule has 0 atom stereocenters.